The zero-order valence-corrected chi connectivity index (χ0v) is 19.4. The van der Waals surface area contributed by atoms with Crippen LogP contribution in [0.15, 0.2) is 42.5 Å². The highest BCUT2D eigenvalue weighted by molar-refractivity contribution is 6.36. The normalized spacial score (nSPS) is 22.2. The summed E-state index contributed by atoms with van der Waals surface area (Å²) in [6.45, 7) is 6.01. The van der Waals surface area contributed by atoms with Gasteiger partial charge in [-0.25, -0.2) is 9.59 Å². The third-order valence-electron chi connectivity index (χ3n) is 6.09. The average Bonchev–Trinajstić information content (AvgIpc) is 3.43. The van der Waals surface area contributed by atoms with Gasteiger partial charge in [0.1, 0.15) is 0 Å². The Labute approximate surface area is 197 Å². The minimum atomic E-state index is -0.477. The van der Waals surface area contributed by atoms with Crippen molar-refractivity contribution in [3.05, 3.63) is 47.5 Å². The van der Waals surface area contributed by atoms with Crippen LogP contribution in [0.3, 0.4) is 0 Å². The number of nitrogens with one attached hydrogen (secondary N) is 2. The van der Waals surface area contributed by atoms with Gasteiger partial charge in [-0.05, 0) is 30.2 Å². The molecule has 174 valence electrons. The first-order chi connectivity index (χ1) is 16.0. The Hall–Kier alpha value is -3.10. The molecule has 1 spiro atoms. The molecule has 33 heavy (non-hydrogen) atoms. The second-order valence-electron chi connectivity index (χ2n) is 7.96. The quantitative estimate of drug-likeness (QED) is 0.704. The van der Waals surface area contributed by atoms with Crippen LogP contribution < -0.4 is 20.4 Å². The number of hydrogen-bond donors (Lipinski definition) is 2. The third-order valence-corrected chi connectivity index (χ3v) is 6.49. The summed E-state index contributed by atoms with van der Waals surface area (Å²) >= 11 is 6.67. The molecule has 5 rings (SSSR count). The average molecular weight is 471 g/mol. The molecular weight excluding hydrogens is 444 g/mol. The maximum atomic E-state index is 12.5. The zero-order chi connectivity index (χ0) is 23.6. The predicted octanol–water partition coefficient (Wildman–Crippen LogP) is 4.17. The number of carbonyl (C=O) groups is 3. The summed E-state index contributed by atoms with van der Waals surface area (Å²) in [6.07, 6.45) is 1.02. The summed E-state index contributed by atoms with van der Waals surface area (Å²) < 4.78 is 5.57. The van der Waals surface area contributed by atoms with Crippen molar-refractivity contribution in [1.82, 2.24) is 10.6 Å². The lowest BCUT2D eigenvalue weighted by molar-refractivity contribution is -0.120. The molecule has 2 aromatic rings. The topological polar surface area (TPSA) is 91.0 Å². The maximum Gasteiger partial charge on any atom is 0.328 e. The molecule has 1 unspecified atom stereocenters. The van der Waals surface area contributed by atoms with E-state index in [9.17, 15) is 14.4 Å². The molecule has 3 saturated heterocycles. The van der Waals surface area contributed by atoms with Gasteiger partial charge < -0.3 is 10.1 Å². The van der Waals surface area contributed by atoms with E-state index in [0.717, 1.165) is 23.2 Å². The van der Waals surface area contributed by atoms with E-state index in [4.69, 9.17) is 16.3 Å². The van der Waals surface area contributed by atoms with Gasteiger partial charge in [0.25, 0.3) is 0 Å². The van der Waals surface area contributed by atoms with Crippen molar-refractivity contribution in [2.24, 2.45) is 0 Å². The highest BCUT2D eigenvalue weighted by Crippen LogP contribution is 2.39. The molecule has 2 aromatic carbocycles. The van der Waals surface area contributed by atoms with Crippen LogP contribution in [-0.2, 0) is 9.53 Å². The first-order valence-corrected chi connectivity index (χ1v) is 11.5. The number of halogens is 1. The second kappa shape index (κ2) is 9.41. The number of rotatable bonds is 3. The number of amides is 5. The smallest absolute Gasteiger partial charge is 0.328 e. The Morgan fingerprint density at radius 1 is 1.03 bits per heavy atom. The molecule has 1 atom stereocenters. The summed E-state index contributed by atoms with van der Waals surface area (Å²) in [5.74, 6) is -0.291. The highest BCUT2D eigenvalue weighted by atomic mass is 35.5. The number of carbonyl (C=O) groups excluding carboxylic acids is 3. The first-order valence-electron chi connectivity index (χ1n) is 11.1. The largest absolute Gasteiger partial charge is 0.379 e. The fourth-order valence-electron chi connectivity index (χ4n) is 4.45. The predicted molar refractivity (Wildman–Crippen MR) is 128 cm³/mol. The molecule has 5 amide bonds. The van der Waals surface area contributed by atoms with Gasteiger partial charge in [-0.2, -0.15) is 0 Å². The Balaban J connectivity index is 0.00000126. The van der Waals surface area contributed by atoms with Crippen LogP contribution in [-0.4, -0.2) is 49.8 Å². The van der Waals surface area contributed by atoms with Crippen molar-refractivity contribution >= 4 is 40.9 Å². The molecular formula is C24H27ClN4O4. The Morgan fingerprint density at radius 3 is 2.45 bits per heavy atom. The van der Waals surface area contributed by atoms with Crippen LogP contribution >= 0.6 is 11.6 Å². The van der Waals surface area contributed by atoms with E-state index < -0.39 is 6.03 Å². The summed E-state index contributed by atoms with van der Waals surface area (Å²) in [4.78, 5) is 39.4. The van der Waals surface area contributed by atoms with Crippen molar-refractivity contribution < 1.29 is 19.1 Å². The first kappa shape index (κ1) is 23.1. The lowest BCUT2D eigenvalue weighted by atomic mass is 9.97. The van der Waals surface area contributed by atoms with E-state index in [1.807, 2.05) is 50.2 Å². The fraction of sp³-hybridized carbons (Fsp3) is 0.375. The van der Waals surface area contributed by atoms with Gasteiger partial charge in [-0.1, -0.05) is 49.7 Å². The van der Waals surface area contributed by atoms with Crippen LogP contribution in [0, 0.1) is 0 Å². The number of benzene rings is 2. The fourth-order valence-corrected chi connectivity index (χ4v) is 4.79. The van der Waals surface area contributed by atoms with E-state index in [-0.39, 0.29) is 30.4 Å². The van der Waals surface area contributed by atoms with Crippen molar-refractivity contribution in [3.8, 4) is 11.1 Å². The molecule has 0 saturated carbocycles. The molecule has 3 heterocycles. The third kappa shape index (κ3) is 4.16. The van der Waals surface area contributed by atoms with Crippen LogP contribution in [0.25, 0.3) is 11.1 Å². The van der Waals surface area contributed by atoms with Gasteiger partial charge in [0.2, 0.25) is 5.91 Å². The van der Waals surface area contributed by atoms with Crippen molar-refractivity contribution in [2.75, 3.05) is 36.1 Å². The Bertz CT molecular complexity index is 1070. The summed E-state index contributed by atoms with van der Waals surface area (Å²) in [5.41, 5.74) is 2.63. The lowest BCUT2D eigenvalue weighted by Crippen LogP contribution is -2.49. The van der Waals surface area contributed by atoms with Gasteiger partial charge in [0.15, 0.2) is 0 Å². The van der Waals surface area contributed by atoms with E-state index in [0.29, 0.717) is 30.5 Å². The van der Waals surface area contributed by atoms with Gasteiger partial charge in [0.05, 0.1) is 22.9 Å². The number of nitrogens with zero attached hydrogens (tertiary/aromatic N) is 2. The SMILES string of the molecule is CC.O=C1CCN(c2cccc(-c3ccc(N4C(=O)NCC45CCOC5)cc3)c2Cl)C(=O)N1. The maximum absolute atomic E-state index is 12.5. The van der Waals surface area contributed by atoms with Gasteiger partial charge in [0, 0.05) is 37.4 Å². The summed E-state index contributed by atoms with van der Waals surface area (Å²) in [6, 6.07) is 12.5. The minimum absolute atomic E-state index is 0.121. The van der Waals surface area contributed by atoms with Crippen LogP contribution in [0.5, 0.6) is 0 Å². The number of ether oxygens (including phenoxy) is 1. The summed E-state index contributed by atoms with van der Waals surface area (Å²) in [5, 5.41) is 5.67. The molecule has 8 nitrogen and oxygen atoms in total. The highest BCUT2D eigenvalue weighted by Gasteiger charge is 2.48. The van der Waals surface area contributed by atoms with Crippen molar-refractivity contribution in [2.45, 2.75) is 32.2 Å². The number of urea groups is 2. The number of hydrogen-bond acceptors (Lipinski definition) is 4. The van der Waals surface area contributed by atoms with E-state index >= 15 is 0 Å². The molecule has 0 radical (unpaired) electrons. The lowest BCUT2D eigenvalue weighted by Gasteiger charge is -2.32. The molecule has 2 N–H and O–H groups in total. The van der Waals surface area contributed by atoms with Gasteiger partial charge in [-0.3, -0.25) is 19.9 Å². The standard InChI is InChI=1S/C22H21ClN4O4.C2H6/c23-19-16(2-1-3-17(19)26-10-8-18(28)25-21(26)30)14-4-6-15(7-5-14)27-20(29)24-12-22(27)9-11-31-13-22;1-2/h1-7H,8-13H2,(H,24,29)(H,25,28,30);1-2H3. The van der Waals surface area contributed by atoms with E-state index in [1.54, 1.807) is 11.0 Å². The minimum Gasteiger partial charge on any atom is -0.379 e. The van der Waals surface area contributed by atoms with E-state index in [1.165, 1.54) is 4.90 Å². The number of imide groups is 1. The molecule has 9 heteroatoms. The van der Waals surface area contributed by atoms with Gasteiger partial charge in [-0.15, -0.1) is 0 Å². The Kier molecular flexibility index (Phi) is 6.58. The number of anilines is 2. The molecule has 3 aliphatic heterocycles. The Morgan fingerprint density at radius 2 is 1.79 bits per heavy atom. The molecule has 3 aliphatic rings. The molecule has 0 bridgehead atoms. The molecule has 0 aromatic heterocycles. The van der Waals surface area contributed by atoms with Gasteiger partial charge >= 0.3 is 12.1 Å². The van der Waals surface area contributed by atoms with Crippen molar-refractivity contribution in [1.29, 1.82) is 0 Å². The van der Waals surface area contributed by atoms with E-state index in [2.05, 4.69) is 10.6 Å². The van der Waals surface area contributed by atoms with Crippen LogP contribution in [0.2, 0.25) is 5.02 Å². The van der Waals surface area contributed by atoms with Crippen molar-refractivity contribution in [3.63, 3.8) is 0 Å². The van der Waals surface area contributed by atoms with Crippen LogP contribution in [0.4, 0.5) is 21.0 Å². The second-order valence-corrected chi connectivity index (χ2v) is 8.34. The molecule has 3 fully saturated rings. The summed E-state index contributed by atoms with van der Waals surface area (Å²) in [7, 11) is 0. The zero-order valence-electron chi connectivity index (χ0n) is 18.7. The monoisotopic (exact) mass is 470 g/mol. The molecule has 0 aliphatic carbocycles. The van der Waals surface area contributed by atoms with Crippen LogP contribution in [0.1, 0.15) is 26.7 Å².